The lowest BCUT2D eigenvalue weighted by Crippen LogP contribution is -2.57. The van der Waals surface area contributed by atoms with Crippen LogP contribution in [0.4, 0.5) is 0 Å². The number of morpholine rings is 1. The molecule has 0 saturated carbocycles. The quantitative estimate of drug-likeness (QED) is 0.780. The Morgan fingerprint density at radius 2 is 2.16 bits per heavy atom. The van der Waals surface area contributed by atoms with E-state index in [0.29, 0.717) is 19.7 Å². The van der Waals surface area contributed by atoms with Crippen LogP contribution in [0.3, 0.4) is 0 Å². The Morgan fingerprint density at radius 1 is 1.36 bits per heavy atom. The molecule has 0 aliphatic carbocycles. The Morgan fingerprint density at radius 3 is 2.84 bits per heavy atom. The molecule has 1 fully saturated rings. The molecule has 0 unspecified atom stereocenters. The van der Waals surface area contributed by atoms with Crippen molar-refractivity contribution in [2.24, 2.45) is 0 Å². The predicted octanol–water partition coefficient (Wildman–Crippen LogP) is 0.618. The zero-order valence-corrected chi connectivity index (χ0v) is 15.0. The van der Waals surface area contributed by atoms with Gasteiger partial charge in [-0.15, -0.1) is 0 Å². The van der Waals surface area contributed by atoms with Crippen molar-refractivity contribution in [2.45, 2.75) is 18.4 Å². The fourth-order valence-corrected chi connectivity index (χ4v) is 3.02. The molecule has 1 aliphatic rings. The van der Waals surface area contributed by atoms with Gasteiger partial charge >= 0.3 is 0 Å². The molecule has 1 saturated heterocycles. The van der Waals surface area contributed by atoms with Gasteiger partial charge < -0.3 is 24.4 Å². The number of nitrogens with one attached hydrogen (secondary N) is 1. The van der Waals surface area contributed by atoms with Gasteiger partial charge in [0.15, 0.2) is 0 Å². The molecule has 1 aromatic rings. The molecule has 1 aliphatic heterocycles. The SMILES string of the molecule is CNC(=O)C[C@]1(COC)CN(C(=O)Cc2cccc(OC)c2)CCO1. The van der Waals surface area contributed by atoms with Crippen molar-refractivity contribution in [2.75, 3.05) is 47.6 Å². The molecular formula is C18H26N2O5. The highest BCUT2D eigenvalue weighted by Gasteiger charge is 2.40. The third kappa shape index (κ3) is 5.17. The van der Waals surface area contributed by atoms with Gasteiger partial charge in [0, 0.05) is 20.7 Å². The van der Waals surface area contributed by atoms with Crippen LogP contribution < -0.4 is 10.1 Å². The van der Waals surface area contributed by atoms with E-state index in [1.807, 2.05) is 24.3 Å². The number of carbonyl (C=O) groups excluding carboxylic acids is 2. The summed E-state index contributed by atoms with van der Waals surface area (Å²) >= 11 is 0. The van der Waals surface area contributed by atoms with Gasteiger partial charge in [0.05, 0.1) is 39.7 Å². The summed E-state index contributed by atoms with van der Waals surface area (Å²) in [6.45, 7) is 1.46. The lowest BCUT2D eigenvalue weighted by Gasteiger charge is -2.42. The lowest BCUT2D eigenvalue weighted by atomic mass is 9.97. The van der Waals surface area contributed by atoms with Crippen LogP contribution in [0.25, 0.3) is 0 Å². The van der Waals surface area contributed by atoms with Gasteiger partial charge in [0.25, 0.3) is 0 Å². The van der Waals surface area contributed by atoms with Crippen LogP contribution in [0.2, 0.25) is 0 Å². The van der Waals surface area contributed by atoms with Gasteiger partial charge in [0.2, 0.25) is 11.8 Å². The first kappa shape index (κ1) is 19.2. The maximum atomic E-state index is 12.7. The van der Waals surface area contributed by atoms with Crippen LogP contribution in [-0.2, 0) is 25.5 Å². The topological polar surface area (TPSA) is 77.1 Å². The van der Waals surface area contributed by atoms with Crippen molar-refractivity contribution in [1.29, 1.82) is 0 Å². The average Bonchev–Trinajstić information content (AvgIpc) is 2.62. The Bertz CT molecular complexity index is 603. The lowest BCUT2D eigenvalue weighted by molar-refractivity contribution is -0.166. The molecule has 0 spiro atoms. The molecule has 0 radical (unpaired) electrons. The second-order valence-corrected chi connectivity index (χ2v) is 6.16. The third-order valence-corrected chi connectivity index (χ3v) is 4.26. The number of nitrogens with zero attached hydrogens (tertiary/aromatic N) is 1. The second-order valence-electron chi connectivity index (χ2n) is 6.16. The highest BCUT2D eigenvalue weighted by molar-refractivity contribution is 5.80. The largest absolute Gasteiger partial charge is 0.497 e. The van der Waals surface area contributed by atoms with E-state index in [2.05, 4.69) is 5.32 Å². The maximum absolute atomic E-state index is 12.7. The molecule has 0 aromatic heterocycles. The van der Waals surface area contributed by atoms with E-state index in [-0.39, 0.29) is 31.3 Å². The number of hydrogen-bond acceptors (Lipinski definition) is 5. The minimum Gasteiger partial charge on any atom is -0.497 e. The fraction of sp³-hybridized carbons (Fsp3) is 0.556. The van der Waals surface area contributed by atoms with Crippen LogP contribution in [0.15, 0.2) is 24.3 Å². The normalized spacial score (nSPS) is 20.2. The van der Waals surface area contributed by atoms with Crippen LogP contribution in [0, 0.1) is 0 Å². The Labute approximate surface area is 148 Å². The monoisotopic (exact) mass is 350 g/mol. The van der Waals surface area contributed by atoms with E-state index in [0.717, 1.165) is 11.3 Å². The van der Waals surface area contributed by atoms with Gasteiger partial charge in [0.1, 0.15) is 11.4 Å². The van der Waals surface area contributed by atoms with Crippen molar-refractivity contribution in [3.63, 3.8) is 0 Å². The first-order chi connectivity index (χ1) is 12.0. The molecule has 1 aromatic carbocycles. The molecule has 7 heteroatoms. The Hall–Kier alpha value is -2.12. The van der Waals surface area contributed by atoms with Gasteiger partial charge in [-0.1, -0.05) is 12.1 Å². The van der Waals surface area contributed by atoms with Gasteiger partial charge in [-0.05, 0) is 17.7 Å². The fourth-order valence-electron chi connectivity index (χ4n) is 3.02. The first-order valence-electron chi connectivity index (χ1n) is 8.26. The number of rotatable bonds is 7. The zero-order valence-electron chi connectivity index (χ0n) is 15.0. The summed E-state index contributed by atoms with van der Waals surface area (Å²) in [5, 5.41) is 2.60. The molecule has 138 valence electrons. The zero-order chi connectivity index (χ0) is 18.3. The molecule has 1 heterocycles. The van der Waals surface area contributed by atoms with Crippen molar-refractivity contribution >= 4 is 11.8 Å². The van der Waals surface area contributed by atoms with Crippen LogP contribution >= 0.6 is 0 Å². The minimum atomic E-state index is -0.808. The summed E-state index contributed by atoms with van der Waals surface area (Å²) in [5.74, 6) is 0.578. The summed E-state index contributed by atoms with van der Waals surface area (Å²) in [7, 11) is 4.74. The highest BCUT2D eigenvalue weighted by Crippen LogP contribution is 2.24. The summed E-state index contributed by atoms with van der Waals surface area (Å²) in [6, 6.07) is 7.45. The molecule has 1 atom stereocenters. The van der Waals surface area contributed by atoms with Crippen molar-refractivity contribution in [3.05, 3.63) is 29.8 Å². The summed E-state index contributed by atoms with van der Waals surface area (Å²) in [5.41, 5.74) is 0.0800. The molecule has 25 heavy (non-hydrogen) atoms. The van der Waals surface area contributed by atoms with Gasteiger partial charge in [-0.2, -0.15) is 0 Å². The summed E-state index contributed by atoms with van der Waals surface area (Å²) in [4.78, 5) is 26.3. The van der Waals surface area contributed by atoms with E-state index >= 15 is 0 Å². The van der Waals surface area contributed by atoms with E-state index < -0.39 is 5.60 Å². The van der Waals surface area contributed by atoms with E-state index in [1.54, 1.807) is 26.2 Å². The van der Waals surface area contributed by atoms with E-state index in [1.165, 1.54) is 0 Å². The van der Waals surface area contributed by atoms with Crippen molar-refractivity contribution in [3.8, 4) is 5.75 Å². The van der Waals surface area contributed by atoms with Gasteiger partial charge in [-0.25, -0.2) is 0 Å². The standard InChI is InChI=1S/C18H26N2O5/c1-19-16(21)11-18(13-23-2)12-20(7-8-25-18)17(22)10-14-5-4-6-15(9-14)24-3/h4-6,9H,7-8,10-13H2,1-3H3,(H,19,21)/t18-/m1/s1. The van der Waals surface area contributed by atoms with Gasteiger partial charge in [-0.3, -0.25) is 9.59 Å². The van der Waals surface area contributed by atoms with Crippen molar-refractivity contribution in [1.82, 2.24) is 10.2 Å². The van der Waals surface area contributed by atoms with Crippen LogP contribution in [0.5, 0.6) is 5.75 Å². The molecule has 2 rings (SSSR count). The van der Waals surface area contributed by atoms with E-state index in [4.69, 9.17) is 14.2 Å². The average molecular weight is 350 g/mol. The van der Waals surface area contributed by atoms with Crippen molar-refractivity contribution < 1.29 is 23.8 Å². The number of hydrogen-bond donors (Lipinski definition) is 1. The smallest absolute Gasteiger partial charge is 0.227 e. The Balaban J connectivity index is 2.07. The molecule has 0 bridgehead atoms. The number of ether oxygens (including phenoxy) is 3. The molecular weight excluding hydrogens is 324 g/mol. The predicted molar refractivity (Wildman–Crippen MR) is 92.5 cm³/mol. The maximum Gasteiger partial charge on any atom is 0.227 e. The number of amides is 2. The summed E-state index contributed by atoms with van der Waals surface area (Å²) < 4.78 is 16.3. The molecule has 2 amide bonds. The van der Waals surface area contributed by atoms with E-state index in [9.17, 15) is 9.59 Å². The third-order valence-electron chi connectivity index (χ3n) is 4.26. The first-order valence-corrected chi connectivity index (χ1v) is 8.26. The number of carbonyl (C=O) groups is 2. The highest BCUT2D eigenvalue weighted by atomic mass is 16.5. The minimum absolute atomic E-state index is 0.00561. The summed E-state index contributed by atoms with van der Waals surface area (Å²) in [6.07, 6.45) is 0.431. The number of methoxy groups -OCH3 is 2. The Kier molecular flexibility index (Phi) is 6.78. The molecule has 1 N–H and O–H groups in total. The second kappa shape index (κ2) is 8.82. The van der Waals surface area contributed by atoms with Crippen LogP contribution in [0.1, 0.15) is 12.0 Å². The molecule has 7 nitrogen and oxygen atoms in total. The van der Waals surface area contributed by atoms with Crippen LogP contribution in [-0.4, -0.2) is 69.9 Å². The number of benzene rings is 1.